The number of carbonyl (C=O) groups is 1. The highest BCUT2D eigenvalue weighted by atomic mass is 32.2. The zero-order valence-electron chi connectivity index (χ0n) is 29.6. The van der Waals surface area contributed by atoms with Gasteiger partial charge in [-0.1, -0.05) is 107 Å². The van der Waals surface area contributed by atoms with Gasteiger partial charge >= 0.3 is 5.97 Å². The van der Waals surface area contributed by atoms with Gasteiger partial charge in [-0.2, -0.15) is 8.42 Å². The minimum atomic E-state index is -3.58. The molecule has 0 amide bonds. The fourth-order valence-electron chi connectivity index (χ4n) is 9.75. The van der Waals surface area contributed by atoms with Crippen molar-refractivity contribution < 1.29 is 26.6 Å². The molecular weight excluding hydrogens is 625 g/mol. The van der Waals surface area contributed by atoms with E-state index in [0.29, 0.717) is 6.42 Å². The molecule has 0 saturated heterocycles. The molecule has 5 rings (SSSR count). The van der Waals surface area contributed by atoms with Gasteiger partial charge in [-0.3, -0.25) is 8.98 Å². The van der Waals surface area contributed by atoms with E-state index in [9.17, 15) is 13.2 Å². The van der Waals surface area contributed by atoms with E-state index >= 15 is 0 Å². The second-order valence-electron chi connectivity index (χ2n) is 16.1. The van der Waals surface area contributed by atoms with Crippen LogP contribution in [0.1, 0.15) is 92.9 Å². The van der Waals surface area contributed by atoms with Crippen molar-refractivity contribution in [1.29, 1.82) is 0 Å². The molecule has 6 nitrogen and oxygen atoms in total. The van der Waals surface area contributed by atoms with Crippen molar-refractivity contribution in [3.8, 4) is 0 Å². The maximum Gasteiger partial charge on any atom is 0.302 e. The molecule has 4 unspecified atom stereocenters. The standard InChI is InChI=1S/C39H56O6SSi/c1-28-19-20-34-36(44-29(2)40)35(22-25-38(28,34)6)39(7)24-21-31(27-30(39)23-26-43-46(8,41)42)45-47(37(3,4)5,32-15-11-9-12-16-32)33-17-13-10-14-18-33/h9-18,30-31,34-36H,1,19-27H2,2-8H3/t30-,31-,34?,35?,36?,38?,39-/m0/s1. The fourth-order valence-corrected chi connectivity index (χ4v) is 14.9. The van der Waals surface area contributed by atoms with Crippen molar-refractivity contribution in [2.75, 3.05) is 12.9 Å². The van der Waals surface area contributed by atoms with Crippen LogP contribution in [0.4, 0.5) is 0 Å². The van der Waals surface area contributed by atoms with E-state index in [-0.39, 0.29) is 58.4 Å². The van der Waals surface area contributed by atoms with Gasteiger partial charge < -0.3 is 9.16 Å². The highest BCUT2D eigenvalue weighted by Crippen LogP contribution is 2.62. The number of benzene rings is 2. The molecule has 3 aliphatic rings. The minimum absolute atomic E-state index is 0.00935. The second-order valence-corrected chi connectivity index (χ2v) is 22.0. The maximum absolute atomic E-state index is 12.6. The number of hydrogen-bond donors (Lipinski definition) is 0. The SMILES string of the molecule is C=C1CCC2C(OC(C)=O)C([C@@]3(C)CC[C@H](O[Si](c4ccccc4)(c4ccccc4)C(C)(C)C)C[C@@H]3CCOS(C)(=O)=O)CCC12C. The lowest BCUT2D eigenvalue weighted by Gasteiger charge is -2.57. The molecule has 0 bridgehead atoms. The largest absolute Gasteiger partial charge is 0.462 e. The molecule has 0 spiro atoms. The summed E-state index contributed by atoms with van der Waals surface area (Å²) < 4.78 is 43.5. The van der Waals surface area contributed by atoms with Crippen LogP contribution in [0.25, 0.3) is 0 Å². The molecule has 0 N–H and O–H groups in total. The lowest BCUT2D eigenvalue weighted by Crippen LogP contribution is -2.68. The van der Waals surface area contributed by atoms with E-state index in [1.54, 1.807) is 0 Å². The summed E-state index contributed by atoms with van der Waals surface area (Å²) >= 11 is 0. The Morgan fingerprint density at radius 2 is 1.53 bits per heavy atom. The summed E-state index contributed by atoms with van der Waals surface area (Å²) in [6, 6.07) is 21.5. The Morgan fingerprint density at radius 1 is 0.936 bits per heavy atom. The van der Waals surface area contributed by atoms with Gasteiger partial charge in [0.05, 0.1) is 12.9 Å². The molecule has 0 aliphatic heterocycles. The molecule has 8 heteroatoms. The first kappa shape index (κ1) is 36.0. The van der Waals surface area contributed by atoms with E-state index in [1.807, 2.05) is 0 Å². The van der Waals surface area contributed by atoms with Crippen molar-refractivity contribution in [1.82, 2.24) is 0 Å². The average Bonchev–Trinajstić information content (AvgIpc) is 3.31. The van der Waals surface area contributed by atoms with Gasteiger partial charge in [0, 0.05) is 24.9 Å². The van der Waals surface area contributed by atoms with Gasteiger partial charge in [0.15, 0.2) is 0 Å². The highest BCUT2D eigenvalue weighted by Gasteiger charge is 2.59. The maximum atomic E-state index is 12.6. The topological polar surface area (TPSA) is 78.9 Å². The summed E-state index contributed by atoms with van der Waals surface area (Å²) in [6.07, 6.45) is 8.06. The number of fused-ring (bicyclic) bond motifs is 1. The first-order valence-electron chi connectivity index (χ1n) is 17.5. The average molecular weight is 681 g/mol. The molecule has 2 aromatic carbocycles. The summed E-state index contributed by atoms with van der Waals surface area (Å²) in [5.41, 5.74) is 1.08. The molecule has 47 heavy (non-hydrogen) atoms. The van der Waals surface area contributed by atoms with E-state index in [4.69, 9.17) is 13.3 Å². The zero-order valence-corrected chi connectivity index (χ0v) is 31.4. The van der Waals surface area contributed by atoms with Crippen LogP contribution in [0, 0.1) is 28.6 Å². The minimum Gasteiger partial charge on any atom is -0.462 e. The van der Waals surface area contributed by atoms with Crippen LogP contribution in [0.3, 0.4) is 0 Å². The lowest BCUT2D eigenvalue weighted by atomic mass is 9.51. The second kappa shape index (κ2) is 13.6. The van der Waals surface area contributed by atoms with Crippen molar-refractivity contribution >= 4 is 34.8 Å². The van der Waals surface area contributed by atoms with E-state index in [1.165, 1.54) is 22.9 Å². The summed E-state index contributed by atoms with van der Waals surface area (Å²) in [7, 11) is -6.37. The smallest absolute Gasteiger partial charge is 0.302 e. The molecule has 2 aromatic rings. The number of allylic oxidation sites excluding steroid dienone is 1. The molecular formula is C39H56O6SSi. The molecule has 7 atom stereocenters. The number of rotatable bonds is 10. The number of esters is 1. The highest BCUT2D eigenvalue weighted by molar-refractivity contribution is 7.85. The summed E-state index contributed by atoms with van der Waals surface area (Å²) in [5.74, 6) is 0.296. The van der Waals surface area contributed by atoms with Gasteiger partial charge in [-0.15, -0.1) is 0 Å². The fraction of sp³-hybridized carbons (Fsp3) is 0.615. The van der Waals surface area contributed by atoms with Crippen molar-refractivity contribution in [2.24, 2.45) is 28.6 Å². The first-order chi connectivity index (χ1) is 22.0. The third kappa shape index (κ3) is 7.08. The monoisotopic (exact) mass is 680 g/mol. The Bertz CT molecular complexity index is 1480. The van der Waals surface area contributed by atoms with Gasteiger partial charge in [-0.05, 0) is 83.5 Å². The molecule has 0 heterocycles. The van der Waals surface area contributed by atoms with Gasteiger partial charge in [-0.25, -0.2) is 0 Å². The van der Waals surface area contributed by atoms with Crippen molar-refractivity contribution in [2.45, 2.75) is 110 Å². The molecule has 3 saturated carbocycles. The van der Waals surface area contributed by atoms with Crippen LogP contribution < -0.4 is 10.4 Å². The Morgan fingerprint density at radius 3 is 2.06 bits per heavy atom. The summed E-state index contributed by atoms with van der Waals surface area (Å²) in [6.45, 7) is 17.7. The van der Waals surface area contributed by atoms with Gasteiger partial charge in [0.1, 0.15) is 6.10 Å². The van der Waals surface area contributed by atoms with Gasteiger partial charge in [0.2, 0.25) is 0 Å². The van der Waals surface area contributed by atoms with Crippen molar-refractivity contribution in [3.05, 3.63) is 72.8 Å². The quantitative estimate of drug-likeness (QED) is 0.113. The van der Waals surface area contributed by atoms with E-state index < -0.39 is 18.4 Å². The van der Waals surface area contributed by atoms with E-state index in [2.05, 4.69) is 102 Å². The summed E-state index contributed by atoms with van der Waals surface area (Å²) in [5, 5.41) is 2.36. The van der Waals surface area contributed by atoms with Gasteiger partial charge in [0.25, 0.3) is 18.4 Å². The molecule has 258 valence electrons. The molecule has 0 radical (unpaired) electrons. The van der Waals surface area contributed by atoms with Crippen LogP contribution in [0.2, 0.25) is 5.04 Å². The Balaban J connectivity index is 1.52. The normalized spacial score (nSPS) is 31.7. The number of hydrogen-bond acceptors (Lipinski definition) is 6. The van der Waals surface area contributed by atoms with E-state index in [0.717, 1.165) is 51.2 Å². The van der Waals surface area contributed by atoms with Crippen LogP contribution in [0.15, 0.2) is 72.8 Å². The number of ether oxygens (including phenoxy) is 1. The first-order valence-corrected chi connectivity index (χ1v) is 21.2. The van der Waals surface area contributed by atoms with Crippen LogP contribution in [0.5, 0.6) is 0 Å². The summed E-state index contributed by atoms with van der Waals surface area (Å²) in [4.78, 5) is 12.6. The zero-order chi connectivity index (χ0) is 34.3. The Hall–Kier alpha value is -2.26. The molecule has 3 aliphatic carbocycles. The third-order valence-corrected chi connectivity index (χ3v) is 18.0. The molecule has 0 aromatic heterocycles. The van der Waals surface area contributed by atoms with Crippen LogP contribution >= 0.6 is 0 Å². The lowest BCUT2D eigenvalue weighted by molar-refractivity contribution is -0.173. The predicted molar refractivity (Wildman–Crippen MR) is 192 cm³/mol. The van der Waals surface area contributed by atoms with Crippen LogP contribution in [-0.2, 0) is 28.3 Å². The van der Waals surface area contributed by atoms with Crippen molar-refractivity contribution in [3.63, 3.8) is 0 Å². The predicted octanol–water partition coefficient (Wildman–Crippen LogP) is 7.42. The van der Waals surface area contributed by atoms with Crippen LogP contribution in [-0.4, -0.2) is 47.8 Å². The number of carbonyl (C=O) groups excluding carboxylic acids is 1. The third-order valence-electron chi connectivity index (χ3n) is 12.3. The molecule has 3 fully saturated rings. The Labute approximate surface area is 284 Å². The Kier molecular flexibility index (Phi) is 10.4.